The Kier molecular flexibility index (Phi) is 19.0. The predicted molar refractivity (Wildman–Crippen MR) is 231 cm³/mol. The van der Waals surface area contributed by atoms with E-state index in [9.17, 15) is 15.3 Å². The minimum atomic E-state index is -0.178. The zero-order valence-electron chi connectivity index (χ0n) is 34.9. The molecular weight excluding hydrogens is 665 g/mol. The molecule has 3 N–H and O–H groups in total. The highest BCUT2D eigenvalue weighted by Crippen LogP contribution is 2.42. The van der Waals surface area contributed by atoms with Crippen molar-refractivity contribution in [1.29, 1.82) is 0 Å². The van der Waals surface area contributed by atoms with Gasteiger partial charge in [-0.05, 0) is 52.6 Å². The Morgan fingerprint density at radius 1 is 0.444 bits per heavy atom. The topological polar surface area (TPSA) is 69.9 Å². The minimum absolute atomic E-state index is 0.178. The maximum absolute atomic E-state index is 11.1. The van der Waals surface area contributed by atoms with E-state index >= 15 is 0 Å². The molecule has 0 saturated carbocycles. The number of ether oxygens (including phenoxy) is 1. The second-order valence-electron chi connectivity index (χ2n) is 17.1. The van der Waals surface area contributed by atoms with E-state index in [4.69, 9.17) is 4.74 Å². The van der Waals surface area contributed by atoms with Gasteiger partial charge in [-0.3, -0.25) is 0 Å². The molecule has 4 heteroatoms. The molecular formula is C50H72O4. The molecule has 0 atom stereocenters. The number of hydrogen-bond acceptors (Lipinski definition) is 4. The SMILES string of the molecule is CC(C)(C)c1cc(O)cc(C(C)(C)C)c1O.CCCCCCCCCCCCCCCCCCOc1cc(-c2ccccc2)c(O)c(-c2ccccc2)c1. The van der Waals surface area contributed by atoms with Crippen molar-refractivity contribution >= 4 is 0 Å². The Hall–Kier alpha value is -3.92. The van der Waals surface area contributed by atoms with Crippen LogP contribution < -0.4 is 4.74 Å². The molecule has 0 bridgehead atoms. The van der Waals surface area contributed by atoms with Crippen molar-refractivity contribution in [3.05, 3.63) is 96.1 Å². The molecule has 296 valence electrons. The average Bonchev–Trinajstić information content (AvgIpc) is 3.14. The van der Waals surface area contributed by atoms with E-state index in [2.05, 4.69) is 6.92 Å². The molecule has 4 rings (SSSR count). The second kappa shape index (κ2) is 23.1. The first-order valence-electron chi connectivity index (χ1n) is 21.0. The summed E-state index contributed by atoms with van der Waals surface area (Å²) >= 11 is 0. The number of aromatic hydroxyl groups is 3. The third-order valence-corrected chi connectivity index (χ3v) is 10.2. The maximum Gasteiger partial charge on any atom is 0.131 e. The molecule has 0 aliphatic rings. The highest BCUT2D eigenvalue weighted by Gasteiger charge is 2.26. The second-order valence-corrected chi connectivity index (χ2v) is 17.1. The van der Waals surface area contributed by atoms with Gasteiger partial charge < -0.3 is 20.1 Å². The van der Waals surface area contributed by atoms with E-state index in [1.807, 2.05) is 114 Å². The van der Waals surface area contributed by atoms with E-state index < -0.39 is 0 Å². The lowest BCUT2D eigenvalue weighted by atomic mass is 9.79. The average molecular weight is 737 g/mol. The molecule has 4 aromatic carbocycles. The van der Waals surface area contributed by atoms with E-state index in [0.717, 1.165) is 45.6 Å². The smallest absolute Gasteiger partial charge is 0.131 e. The van der Waals surface area contributed by atoms with Crippen LogP contribution >= 0.6 is 0 Å². The molecule has 54 heavy (non-hydrogen) atoms. The van der Waals surface area contributed by atoms with Crippen molar-refractivity contribution in [2.75, 3.05) is 6.61 Å². The van der Waals surface area contributed by atoms with Crippen molar-refractivity contribution < 1.29 is 20.1 Å². The molecule has 0 radical (unpaired) electrons. The summed E-state index contributed by atoms with van der Waals surface area (Å²) in [6, 6.07) is 27.4. The van der Waals surface area contributed by atoms with Crippen LogP contribution in [0.4, 0.5) is 0 Å². The molecule has 0 unspecified atom stereocenters. The van der Waals surface area contributed by atoms with Crippen LogP contribution in [0.25, 0.3) is 22.3 Å². The Balaban J connectivity index is 0.000000409. The highest BCUT2D eigenvalue weighted by molar-refractivity contribution is 5.83. The summed E-state index contributed by atoms with van der Waals surface area (Å²) in [5.41, 5.74) is 4.84. The van der Waals surface area contributed by atoms with Crippen LogP contribution in [0.3, 0.4) is 0 Å². The molecule has 0 amide bonds. The first-order chi connectivity index (χ1) is 25.8. The fourth-order valence-electron chi connectivity index (χ4n) is 6.97. The Labute approximate surface area is 329 Å². The number of phenolic OH excluding ortho intramolecular Hbond substituents is 3. The van der Waals surface area contributed by atoms with Crippen molar-refractivity contribution in [2.45, 2.75) is 162 Å². The summed E-state index contributed by atoms with van der Waals surface area (Å²) in [4.78, 5) is 0. The zero-order valence-corrected chi connectivity index (χ0v) is 34.9. The van der Waals surface area contributed by atoms with E-state index in [1.165, 1.54) is 96.3 Å². The number of benzene rings is 4. The molecule has 0 heterocycles. The van der Waals surface area contributed by atoms with Gasteiger partial charge in [0.15, 0.2) is 0 Å². The molecule has 4 aromatic rings. The molecule has 0 aliphatic carbocycles. The molecule has 0 aliphatic heterocycles. The van der Waals surface area contributed by atoms with Crippen LogP contribution in [0.15, 0.2) is 84.9 Å². The quantitative estimate of drug-likeness (QED) is 0.0624. The summed E-state index contributed by atoms with van der Waals surface area (Å²) in [6.07, 6.45) is 21.9. The summed E-state index contributed by atoms with van der Waals surface area (Å²) in [5.74, 6) is 1.64. The standard InChI is InChI=1S/C36H50O2.C14H22O2/c1-2-3-4-5-6-7-8-9-10-11-12-13-14-15-16-23-28-38-33-29-34(31-24-19-17-20-25-31)36(37)35(30-33)32-26-21-18-22-27-32;1-13(2,3)10-7-9(15)8-11(12(10)16)14(4,5)6/h17-22,24-27,29-30,37H,2-16,23,28H2,1H3;7-8,15-16H,1-6H3. The van der Waals surface area contributed by atoms with Crippen molar-refractivity contribution in [3.8, 4) is 45.3 Å². The molecule has 0 saturated heterocycles. The molecule has 4 nitrogen and oxygen atoms in total. The van der Waals surface area contributed by atoms with Crippen LogP contribution in [0, 0.1) is 0 Å². The lowest BCUT2D eigenvalue weighted by Gasteiger charge is -2.27. The molecule has 0 spiro atoms. The van der Waals surface area contributed by atoms with Gasteiger partial charge in [0, 0.05) is 22.3 Å². The summed E-state index contributed by atoms with van der Waals surface area (Å²) in [6.45, 7) is 15.1. The van der Waals surface area contributed by atoms with Gasteiger partial charge in [-0.25, -0.2) is 0 Å². The zero-order chi connectivity index (χ0) is 39.4. The van der Waals surface area contributed by atoms with E-state index in [1.54, 1.807) is 12.1 Å². The van der Waals surface area contributed by atoms with Crippen LogP contribution in [0.1, 0.15) is 162 Å². The van der Waals surface area contributed by atoms with Gasteiger partial charge in [0.25, 0.3) is 0 Å². The van der Waals surface area contributed by atoms with Crippen LogP contribution in [0.5, 0.6) is 23.0 Å². The van der Waals surface area contributed by atoms with Crippen LogP contribution in [0.2, 0.25) is 0 Å². The first kappa shape index (κ1) is 44.5. The number of unbranched alkanes of at least 4 members (excludes halogenated alkanes) is 15. The van der Waals surface area contributed by atoms with Crippen molar-refractivity contribution in [2.24, 2.45) is 0 Å². The summed E-state index contributed by atoms with van der Waals surface area (Å²) < 4.78 is 6.19. The molecule has 0 aromatic heterocycles. The van der Waals surface area contributed by atoms with Crippen LogP contribution in [-0.2, 0) is 10.8 Å². The lowest BCUT2D eigenvalue weighted by molar-refractivity contribution is 0.304. The third kappa shape index (κ3) is 15.4. The van der Waals surface area contributed by atoms with Crippen molar-refractivity contribution in [3.63, 3.8) is 0 Å². The third-order valence-electron chi connectivity index (χ3n) is 10.2. The van der Waals surface area contributed by atoms with Gasteiger partial charge in [-0.2, -0.15) is 0 Å². The first-order valence-corrected chi connectivity index (χ1v) is 21.0. The lowest BCUT2D eigenvalue weighted by Crippen LogP contribution is -2.16. The minimum Gasteiger partial charge on any atom is -0.508 e. The fraction of sp³-hybridized carbons (Fsp3) is 0.520. The van der Waals surface area contributed by atoms with Gasteiger partial charge in [0.2, 0.25) is 0 Å². The predicted octanol–water partition coefficient (Wildman–Crippen LogP) is 15.1. The summed E-state index contributed by atoms with van der Waals surface area (Å²) in [7, 11) is 0. The Bertz CT molecular complexity index is 1520. The van der Waals surface area contributed by atoms with Gasteiger partial charge in [-0.15, -0.1) is 0 Å². The van der Waals surface area contributed by atoms with Gasteiger partial charge in [0.1, 0.15) is 23.0 Å². The number of phenols is 3. The van der Waals surface area contributed by atoms with Gasteiger partial charge in [-0.1, -0.05) is 205 Å². The largest absolute Gasteiger partial charge is 0.508 e. The molecule has 0 fully saturated rings. The highest BCUT2D eigenvalue weighted by atomic mass is 16.5. The number of rotatable bonds is 20. The monoisotopic (exact) mass is 737 g/mol. The maximum atomic E-state index is 11.1. The van der Waals surface area contributed by atoms with E-state index in [0.29, 0.717) is 18.1 Å². The van der Waals surface area contributed by atoms with Crippen molar-refractivity contribution in [1.82, 2.24) is 0 Å². The Morgan fingerprint density at radius 3 is 1.15 bits per heavy atom. The van der Waals surface area contributed by atoms with Gasteiger partial charge >= 0.3 is 0 Å². The van der Waals surface area contributed by atoms with E-state index in [-0.39, 0.29) is 16.6 Å². The fourth-order valence-corrected chi connectivity index (χ4v) is 6.97. The Morgan fingerprint density at radius 2 is 0.796 bits per heavy atom. The normalized spacial score (nSPS) is 11.6. The summed E-state index contributed by atoms with van der Waals surface area (Å²) in [5, 5.41) is 31.1. The van der Waals surface area contributed by atoms with Crippen LogP contribution in [-0.4, -0.2) is 21.9 Å². The van der Waals surface area contributed by atoms with Gasteiger partial charge in [0.05, 0.1) is 6.61 Å². The number of hydrogen-bond donors (Lipinski definition) is 3.